The Morgan fingerprint density at radius 1 is 1.07 bits per heavy atom. The van der Waals surface area contributed by atoms with E-state index in [-0.39, 0.29) is 5.57 Å². The van der Waals surface area contributed by atoms with Crippen LogP contribution in [0.2, 0.25) is 0 Å². The van der Waals surface area contributed by atoms with Crippen molar-refractivity contribution in [3.05, 3.63) is 59.7 Å². The van der Waals surface area contributed by atoms with Crippen LogP contribution in [0.25, 0.3) is 6.08 Å². The van der Waals surface area contributed by atoms with Gasteiger partial charge in [0.05, 0.1) is 7.11 Å². The number of nitrogens with zero attached hydrogens (tertiary/aromatic N) is 2. The van der Waals surface area contributed by atoms with E-state index in [4.69, 9.17) is 4.74 Å². The van der Waals surface area contributed by atoms with E-state index >= 15 is 0 Å². The summed E-state index contributed by atoms with van der Waals surface area (Å²) in [6.45, 7) is 2.16. The number of nitriles is 1. The summed E-state index contributed by atoms with van der Waals surface area (Å²) < 4.78 is 5.11. The molecule has 138 valence electrons. The Balaban J connectivity index is 1.67. The van der Waals surface area contributed by atoms with Crippen LogP contribution < -0.4 is 15.0 Å². The summed E-state index contributed by atoms with van der Waals surface area (Å²) >= 11 is 0. The van der Waals surface area contributed by atoms with Gasteiger partial charge in [-0.3, -0.25) is 4.79 Å². The Hall–Kier alpha value is -3.26. The normalized spacial score (nSPS) is 14.4. The first-order chi connectivity index (χ1) is 13.2. The van der Waals surface area contributed by atoms with E-state index in [1.54, 1.807) is 37.5 Å². The van der Waals surface area contributed by atoms with Gasteiger partial charge in [-0.05, 0) is 67.3 Å². The number of carbonyl (C=O) groups excluding carboxylic acids is 1. The highest BCUT2D eigenvalue weighted by atomic mass is 16.5. The van der Waals surface area contributed by atoms with Crippen molar-refractivity contribution in [3.8, 4) is 11.8 Å². The molecule has 0 aliphatic carbocycles. The van der Waals surface area contributed by atoms with Gasteiger partial charge in [-0.1, -0.05) is 12.1 Å². The average Bonchev–Trinajstić information content (AvgIpc) is 2.73. The fourth-order valence-electron chi connectivity index (χ4n) is 3.12. The number of anilines is 2. The van der Waals surface area contributed by atoms with Gasteiger partial charge in [-0.25, -0.2) is 0 Å². The summed E-state index contributed by atoms with van der Waals surface area (Å²) in [4.78, 5) is 14.8. The molecule has 0 atom stereocenters. The third-order valence-electron chi connectivity index (χ3n) is 4.64. The summed E-state index contributed by atoms with van der Waals surface area (Å²) in [5, 5.41) is 12.1. The third kappa shape index (κ3) is 4.89. The summed E-state index contributed by atoms with van der Waals surface area (Å²) in [6, 6.07) is 16.9. The molecule has 0 saturated carbocycles. The van der Waals surface area contributed by atoms with Crippen LogP contribution in [0.5, 0.6) is 5.75 Å². The predicted octanol–water partition coefficient (Wildman–Crippen LogP) is 4.23. The number of hydrogen-bond donors (Lipinski definition) is 1. The highest BCUT2D eigenvalue weighted by Gasteiger charge is 2.12. The van der Waals surface area contributed by atoms with E-state index in [2.05, 4.69) is 10.2 Å². The molecular weight excluding hydrogens is 338 g/mol. The van der Waals surface area contributed by atoms with Crippen molar-refractivity contribution in [2.24, 2.45) is 0 Å². The number of hydrogen-bond acceptors (Lipinski definition) is 4. The fourth-order valence-corrected chi connectivity index (χ4v) is 3.12. The van der Waals surface area contributed by atoms with E-state index < -0.39 is 5.91 Å². The molecule has 1 fully saturated rings. The lowest BCUT2D eigenvalue weighted by molar-refractivity contribution is -0.112. The van der Waals surface area contributed by atoms with E-state index in [1.807, 2.05) is 30.3 Å². The zero-order valence-electron chi connectivity index (χ0n) is 15.4. The first kappa shape index (κ1) is 18.5. The van der Waals surface area contributed by atoms with Gasteiger partial charge in [0.2, 0.25) is 0 Å². The second-order valence-electron chi connectivity index (χ2n) is 6.49. The van der Waals surface area contributed by atoms with Crippen molar-refractivity contribution in [2.45, 2.75) is 19.3 Å². The number of piperidine rings is 1. The molecule has 5 heteroatoms. The molecule has 1 heterocycles. The second-order valence-corrected chi connectivity index (χ2v) is 6.49. The largest absolute Gasteiger partial charge is 0.497 e. The van der Waals surface area contributed by atoms with Crippen molar-refractivity contribution in [1.29, 1.82) is 5.26 Å². The van der Waals surface area contributed by atoms with Gasteiger partial charge in [0.25, 0.3) is 5.91 Å². The van der Waals surface area contributed by atoms with Gasteiger partial charge in [0, 0.05) is 24.5 Å². The number of methoxy groups -OCH3 is 1. The summed E-state index contributed by atoms with van der Waals surface area (Å²) in [5.74, 6) is 0.308. The van der Waals surface area contributed by atoms with Gasteiger partial charge >= 0.3 is 0 Å². The van der Waals surface area contributed by atoms with Crippen LogP contribution in [0.1, 0.15) is 24.8 Å². The number of carbonyl (C=O) groups is 1. The first-order valence-corrected chi connectivity index (χ1v) is 9.12. The van der Waals surface area contributed by atoms with E-state index in [1.165, 1.54) is 24.9 Å². The molecular formula is C22H23N3O2. The van der Waals surface area contributed by atoms with Crippen molar-refractivity contribution in [2.75, 3.05) is 30.4 Å². The highest BCUT2D eigenvalue weighted by molar-refractivity contribution is 6.09. The molecule has 5 nitrogen and oxygen atoms in total. The van der Waals surface area contributed by atoms with Crippen LogP contribution in [0.15, 0.2) is 54.1 Å². The predicted molar refractivity (Wildman–Crippen MR) is 108 cm³/mol. The van der Waals surface area contributed by atoms with Crippen LogP contribution in [0.3, 0.4) is 0 Å². The average molecular weight is 361 g/mol. The Morgan fingerprint density at radius 2 is 1.74 bits per heavy atom. The Morgan fingerprint density at radius 3 is 2.33 bits per heavy atom. The number of amides is 1. The summed E-state index contributed by atoms with van der Waals surface area (Å²) in [6.07, 6.45) is 5.30. The molecule has 2 aromatic carbocycles. The number of ether oxygens (including phenoxy) is 1. The van der Waals surface area contributed by atoms with E-state index in [9.17, 15) is 10.1 Å². The molecule has 0 radical (unpaired) electrons. The molecule has 0 unspecified atom stereocenters. The SMILES string of the molecule is COc1ccc(/C=C(\C#N)C(=O)Nc2ccc(N3CCCCC3)cc2)cc1. The quantitative estimate of drug-likeness (QED) is 0.639. The molecule has 27 heavy (non-hydrogen) atoms. The molecule has 1 N–H and O–H groups in total. The monoisotopic (exact) mass is 361 g/mol. The minimum Gasteiger partial charge on any atom is -0.497 e. The van der Waals surface area contributed by atoms with Gasteiger partial charge < -0.3 is 15.0 Å². The lowest BCUT2D eigenvalue weighted by atomic mass is 10.1. The Kier molecular flexibility index (Phi) is 6.11. The highest BCUT2D eigenvalue weighted by Crippen LogP contribution is 2.22. The standard InChI is InChI=1S/C22H23N3O2/c1-27-21-11-5-17(6-12-21)15-18(16-23)22(26)24-19-7-9-20(10-8-19)25-13-3-2-4-14-25/h5-12,15H,2-4,13-14H2,1H3,(H,24,26)/b18-15+. The minimum absolute atomic E-state index is 0.0558. The molecule has 1 aliphatic rings. The third-order valence-corrected chi connectivity index (χ3v) is 4.64. The van der Waals surface area contributed by atoms with Crippen LogP contribution in [-0.2, 0) is 4.79 Å². The fraction of sp³-hybridized carbons (Fsp3) is 0.273. The van der Waals surface area contributed by atoms with Crippen molar-refractivity contribution >= 4 is 23.4 Å². The molecule has 0 bridgehead atoms. The maximum Gasteiger partial charge on any atom is 0.266 e. The number of nitrogens with one attached hydrogen (secondary N) is 1. The molecule has 1 saturated heterocycles. The van der Waals surface area contributed by atoms with E-state index in [0.29, 0.717) is 5.69 Å². The zero-order chi connectivity index (χ0) is 19.1. The molecule has 0 spiro atoms. The lowest BCUT2D eigenvalue weighted by Crippen LogP contribution is -2.29. The first-order valence-electron chi connectivity index (χ1n) is 9.12. The molecule has 1 amide bonds. The second kappa shape index (κ2) is 8.91. The summed E-state index contributed by atoms with van der Waals surface area (Å²) in [5.41, 5.74) is 2.67. The van der Waals surface area contributed by atoms with Gasteiger partial charge in [-0.2, -0.15) is 5.26 Å². The van der Waals surface area contributed by atoms with Gasteiger partial charge in [-0.15, -0.1) is 0 Å². The number of benzene rings is 2. The van der Waals surface area contributed by atoms with Crippen LogP contribution in [-0.4, -0.2) is 26.1 Å². The number of rotatable bonds is 5. The molecule has 1 aliphatic heterocycles. The van der Waals surface area contributed by atoms with Crippen LogP contribution in [0.4, 0.5) is 11.4 Å². The Bertz CT molecular complexity index is 843. The van der Waals surface area contributed by atoms with Crippen molar-refractivity contribution in [1.82, 2.24) is 0 Å². The summed E-state index contributed by atoms with van der Waals surface area (Å²) in [7, 11) is 1.59. The maximum atomic E-state index is 12.4. The van der Waals surface area contributed by atoms with Gasteiger partial charge in [0.15, 0.2) is 0 Å². The van der Waals surface area contributed by atoms with Crippen molar-refractivity contribution in [3.63, 3.8) is 0 Å². The van der Waals surface area contributed by atoms with E-state index in [0.717, 1.165) is 24.4 Å². The Labute approximate surface area is 159 Å². The van der Waals surface area contributed by atoms with Crippen LogP contribution >= 0.6 is 0 Å². The van der Waals surface area contributed by atoms with Gasteiger partial charge in [0.1, 0.15) is 17.4 Å². The molecule has 3 rings (SSSR count). The van der Waals surface area contributed by atoms with Crippen LogP contribution in [0, 0.1) is 11.3 Å². The minimum atomic E-state index is -0.418. The topological polar surface area (TPSA) is 65.4 Å². The molecule has 0 aromatic heterocycles. The molecule has 2 aromatic rings. The smallest absolute Gasteiger partial charge is 0.266 e. The van der Waals surface area contributed by atoms with Crippen molar-refractivity contribution < 1.29 is 9.53 Å². The maximum absolute atomic E-state index is 12.4. The lowest BCUT2D eigenvalue weighted by Gasteiger charge is -2.28. The zero-order valence-corrected chi connectivity index (χ0v) is 15.4.